The first-order chi connectivity index (χ1) is 10.2. The predicted molar refractivity (Wildman–Crippen MR) is 84.4 cm³/mol. The summed E-state index contributed by atoms with van der Waals surface area (Å²) in [6.07, 6.45) is 0. The van der Waals surface area contributed by atoms with E-state index in [1.54, 1.807) is 0 Å². The van der Waals surface area contributed by atoms with Gasteiger partial charge in [-0.2, -0.15) is 0 Å². The highest BCUT2D eigenvalue weighted by molar-refractivity contribution is 7.92. The monoisotopic (exact) mass is 323 g/mol. The highest BCUT2D eigenvalue weighted by Gasteiger charge is 2.21. The first-order valence-electron chi connectivity index (χ1n) is 6.69. The van der Waals surface area contributed by atoms with Crippen LogP contribution in [0.5, 0.6) is 5.75 Å². The number of halogens is 1. The summed E-state index contributed by atoms with van der Waals surface area (Å²) >= 11 is 0. The zero-order chi connectivity index (χ0) is 16.5. The Balaban J connectivity index is 2.45. The van der Waals surface area contributed by atoms with Gasteiger partial charge in [-0.1, -0.05) is 17.7 Å². The number of hydrogen-bond donors (Lipinski definition) is 1. The van der Waals surface area contributed by atoms with Crippen LogP contribution in [0.15, 0.2) is 35.2 Å². The largest absolute Gasteiger partial charge is 0.497 e. The second-order valence-electron chi connectivity index (χ2n) is 5.18. The first kappa shape index (κ1) is 16.3. The van der Waals surface area contributed by atoms with Gasteiger partial charge < -0.3 is 4.74 Å². The van der Waals surface area contributed by atoms with Crippen LogP contribution in [0.3, 0.4) is 0 Å². The van der Waals surface area contributed by atoms with Crippen LogP contribution in [0.1, 0.15) is 16.7 Å². The van der Waals surface area contributed by atoms with Crippen LogP contribution in [0, 0.1) is 26.6 Å². The summed E-state index contributed by atoms with van der Waals surface area (Å²) in [5.41, 5.74) is 3.08. The van der Waals surface area contributed by atoms with Crippen LogP contribution in [0.25, 0.3) is 0 Å². The van der Waals surface area contributed by atoms with Crippen molar-refractivity contribution in [3.63, 3.8) is 0 Å². The highest BCUT2D eigenvalue weighted by Crippen LogP contribution is 2.27. The van der Waals surface area contributed by atoms with E-state index in [4.69, 9.17) is 4.74 Å². The van der Waals surface area contributed by atoms with Crippen molar-refractivity contribution < 1.29 is 17.5 Å². The molecule has 0 aliphatic rings. The Bertz CT molecular complexity index is 793. The SMILES string of the molecule is COc1ccc(S(=O)(=O)Nc2c(C)cc(C)cc2C)c(F)c1. The third-order valence-electron chi connectivity index (χ3n) is 3.34. The van der Waals surface area contributed by atoms with E-state index < -0.39 is 20.7 Å². The van der Waals surface area contributed by atoms with Gasteiger partial charge in [-0.25, -0.2) is 12.8 Å². The normalized spacial score (nSPS) is 11.3. The van der Waals surface area contributed by atoms with E-state index in [1.807, 2.05) is 32.9 Å². The smallest absolute Gasteiger partial charge is 0.264 e. The average Bonchev–Trinajstić information content (AvgIpc) is 2.42. The minimum absolute atomic E-state index is 0.263. The van der Waals surface area contributed by atoms with Crippen LogP contribution in [-0.4, -0.2) is 15.5 Å². The lowest BCUT2D eigenvalue weighted by molar-refractivity contribution is 0.410. The van der Waals surface area contributed by atoms with E-state index in [0.717, 1.165) is 22.8 Å². The van der Waals surface area contributed by atoms with Crippen molar-refractivity contribution in [1.29, 1.82) is 0 Å². The molecule has 0 unspecified atom stereocenters. The fraction of sp³-hybridized carbons (Fsp3) is 0.250. The molecule has 2 rings (SSSR count). The minimum atomic E-state index is -4.01. The predicted octanol–water partition coefficient (Wildman–Crippen LogP) is 3.56. The van der Waals surface area contributed by atoms with Gasteiger partial charge in [-0.05, 0) is 44.0 Å². The fourth-order valence-corrected chi connectivity index (χ4v) is 3.62. The van der Waals surface area contributed by atoms with Crippen LogP contribution >= 0.6 is 0 Å². The van der Waals surface area contributed by atoms with Crippen LogP contribution in [0.4, 0.5) is 10.1 Å². The molecule has 1 N–H and O–H groups in total. The summed E-state index contributed by atoms with van der Waals surface area (Å²) in [6.45, 7) is 5.55. The molecule has 4 nitrogen and oxygen atoms in total. The van der Waals surface area contributed by atoms with E-state index >= 15 is 0 Å². The van der Waals surface area contributed by atoms with Gasteiger partial charge >= 0.3 is 0 Å². The number of aryl methyl sites for hydroxylation is 3. The molecule has 2 aromatic rings. The molecule has 118 valence electrons. The second-order valence-corrected chi connectivity index (χ2v) is 6.83. The molecular formula is C16H18FNO3S. The number of benzene rings is 2. The zero-order valence-electron chi connectivity index (χ0n) is 12.9. The molecule has 0 spiro atoms. The number of methoxy groups -OCH3 is 1. The summed E-state index contributed by atoms with van der Waals surface area (Å²) in [6, 6.07) is 7.38. The molecule has 22 heavy (non-hydrogen) atoms. The Morgan fingerprint density at radius 2 is 1.64 bits per heavy atom. The van der Waals surface area contributed by atoms with Gasteiger partial charge in [0.15, 0.2) is 0 Å². The fourth-order valence-electron chi connectivity index (χ4n) is 2.36. The van der Waals surface area contributed by atoms with Crippen molar-refractivity contribution in [2.24, 2.45) is 0 Å². The molecule has 0 bridgehead atoms. The molecule has 2 aromatic carbocycles. The van der Waals surface area contributed by atoms with Crippen LogP contribution in [0.2, 0.25) is 0 Å². The standard InChI is InChI=1S/C16H18FNO3S/c1-10-7-11(2)16(12(3)8-10)18-22(19,20)15-6-5-13(21-4)9-14(15)17/h5-9,18H,1-4H3. The summed E-state index contributed by atoms with van der Waals surface area (Å²) < 4.78 is 46.2. The summed E-state index contributed by atoms with van der Waals surface area (Å²) in [5.74, 6) is -0.589. The van der Waals surface area contributed by atoms with Gasteiger partial charge in [0, 0.05) is 6.07 Å². The Kier molecular flexibility index (Phi) is 4.42. The third kappa shape index (κ3) is 3.22. The minimum Gasteiger partial charge on any atom is -0.497 e. The summed E-state index contributed by atoms with van der Waals surface area (Å²) in [7, 11) is -2.62. The van der Waals surface area contributed by atoms with Crippen molar-refractivity contribution in [2.75, 3.05) is 11.8 Å². The highest BCUT2D eigenvalue weighted by atomic mass is 32.2. The third-order valence-corrected chi connectivity index (χ3v) is 4.72. The molecule has 0 amide bonds. The van der Waals surface area contributed by atoms with E-state index in [9.17, 15) is 12.8 Å². The molecule has 0 heterocycles. The van der Waals surface area contributed by atoms with Crippen molar-refractivity contribution in [3.8, 4) is 5.75 Å². The maximum Gasteiger partial charge on any atom is 0.264 e. The number of ether oxygens (including phenoxy) is 1. The number of sulfonamides is 1. The molecule has 0 fully saturated rings. The molecule has 0 saturated carbocycles. The molecule has 0 aliphatic carbocycles. The number of anilines is 1. The summed E-state index contributed by atoms with van der Waals surface area (Å²) in [4.78, 5) is -0.410. The molecule has 0 aromatic heterocycles. The van der Waals surface area contributed by atoms with Crippen molar-refractivity contribution in [1.82, 2.24) is 0 Å². The van der Waals surface area contributed by atoms with Gasteiger partial charge in [0.2, 0.25) is 0 Å². The van der Waals surface area contributed by atoms with Gasteiger partial charge in [-0.3, -0.25) is 4.72 Å². The number of hydrogen-bond acceptors (Lipinski definition) is 3. The van der Waals surface area contributed by atoms with E-state index in [-0.39, 0.29) is 5.75 Å². The van der Waals surface area contributed by atoms with Crippen molar-refractivity contribution in [3.05, 3.63) is 52.8 Å². The van der Waals surface area contributed by atoms with Gasteiger partial charge in [0.1, 0.15) is 16.5 Å². The zero-order valence-corrected chi connectivity index (χ0v) is 13.7. The number of nitrogens with one attached hydrogen (secondary N) is 1. The van der Waals surface area contributed by atoms with Crippen LogP contribution < -0.4 is 9.46 Å². The van der Waals surface area contributed by atoms with Gasteiger partial charge in [-0.15, -0.1) is 0 Å². The molecule has 0 saturated heterocycles. The molecule has 0 atom stereocenters. The van der Waals surface area contributed by atoms with Crippen molar-refractivity contribution >= 4 is 15.7 Å². The lowest BCUT2D eigenvalue weighted by Gasteiger charge is -2.15. The average molecular weight is 323 g/mol. The lowest BCUT2D eigenvalue weighted by Crippen LogP contribution is -2.16. The van der Waals surface area contributed by atoms with Gasteiger partial charge in [0.05, 0.1) is 12.8 Å². The van der Waals surface area contributed by atoms with E-state index in [1.165, 1.54) is 19.2 Å². The van der Waals surface area contributed by atoms with E-state index in [0.29, 0.717) is 5.69 Å². The maximum absolute atomic E-state index is 14.0. The molecular weight excluding hydrogens is 305 g/mol. The molecule has 0 radical (unpaired) electrons. The first-order valence-corrected chi connectivity index (χ1v) is 8.17. The quantitative estimate of drug-likeness (QED) is 0.936. The Labute approximate surface area is 130 Å². The topological polar surface area (TPSA) is 55.4 Å². The molecule has 0 aliphatic heterocycles. The Morgan fingerprint density at radius 1 is 1.05 bits per heavy atom. The van der Waals surface area contributed by atoms with E-state index in [2.05, 4.69) is 4.72 Å². The lowest BCUT2D eigenvalue weighted by atomic mass is 10.1. The Morgan fingerprint density at radius 3 is 2.14 bits per heavy atom. The van der Waals surface area contributed by atoms with Crippen LogP contribution in [-0.2, 0) is 10.0 Å². The second kappa shape index (κ2) is 5.96. The molecule has 6 heteroatoms. The Hall–Kier alpha value is -2.08. The van der Waals surface area contributed by atoms with Gasteiger partial charge in [0.25, 0.3) is 10.0 Å². The maximum atomic E-state index is 14.0. The van der Waals surface area contributed by atoms with Crippen molar-refractivity contribution in [2.45, 2.75) is 25.7 Å². The number of rotatable bonds is 4. The summed E-state index contributed by atoms with van der Waals surface area (Å²) in [5, 5.41) is 0.